The van der Waals surface area contributed by atoms with E-state index in [2.05, 4.69) is 0 Å². The molecule has 124 valence electrons. The zero-order chi connectivity index (χ0) is 17.7. The molecule has 0 saturated heterocycles. The third-order valence-corrected chi connectivity index (χ3v) is 3.91. The van der Waals surface area contributed by atoms with Crippen molar-refractivity contribution in [2.24, 2.45) is 0 Å². The van der Waals surface area contributed by atoms with Crippen LogP contribution in [-0.2, 0) is 9.53 Å². The number of nitro benzene ring substituents is 1. The summed E-state index contributed by atoms with van der Waals surface area (Å²) in [5.74, 6) is -2.45. The van der Waals surface area contributed by atoms with Gasteiger partial charge in [-0.15, -0.1) is 11.3 Å². The normalized spacial score (nSPS) is 10.0. The standard InChI is InChI=1S/C14H9ClN2O6S/c15-10-4-3-8(17(21)22)6-9(10)14(20)23-7-12(18)16-13(19)11-2-1-5-24-11/h1-6H,7H2,(H,16,18,19). The molecule has 0 atom stereocenters. The van der Waals surface area contributed by atoms with E-state index in [0.717, 1.165) is 23.5 Å². The minimum absolute atomic E-state index is 0.0549. The Hall–Kier alpha value is -2.78. The highest BCUT2D eigenvalue weighted by Gasteiger charge is 2.19. The number of amides is 2. The van der Waals surface area contributed by atoms with Crippen LogP contribution >= 0.6 is 22.9 Å². The number of rotatable bonds is 5. The van der Waals surface area contributed by atoms with Gasteiger partial charge in [0.25, 0.3) is 17.5 Å². The fourth-order valence-corrected chi connectivity index (χ4v) is 2.44. The Morgan fingerprint density at radius 1 is 1.29 bits per heavy atom. The van der Waals surface area contributed by atoms with Crippen LogP contribution in [0.1, 0.15) is 20.0 Å². The van der Waals surface area contributed by atoms with Crippen molar-refractivity contribution in [3.63, 3.8) is 0 Å². The van der Waals surface area contributed by atoms with E-state index in [1.807, 2.05) is 5.32 Å². The van der Waals surface area contributed by atoms with Crippen LogP contribution in [0.5, 0.6) is 0 Å². The summed E-state index contributed by atoms with van der Waals surface area (Å²) < 4.78 is 4.72. The average molecular weight is 369 g/mol. The number of ether oxygens (including phenoxy) is 1. The van der Waals surface area contributed by atoms with E-state index in [-0.39, 0.29) is 16.3 Å². The zero-order valence-electron chi connectivity index (χ0n) is 11.9. The summed E-state index contributed by atoms with van der Waals surface area (Å²) in [4.78, 5) is 45.4. The van der Waals surface area contributed by atoms with Crippen LogP contribution in [0, 0.1) is 10.1 Å². The molecule has 0 bridgehead atoms. The molecular formula is C14H9ClN2O6S. The Balaban J connectivity index is 1.95. The van der Waals surface area contributed by atoms with Crippen molar-refractivity contribution in [3.05, 3.63) is 61.3 Å². The number of thiophene rings is 1. The smallest absolute Gasteiger partial charge is 0.340 e. The lowest BCUT2D eigenvalue weighted by Gasteiger charge is -2.06. The highest BCUT2D eigenvalue weighted by atomic mass is 35.5. The average Bonchev–Trinajstić information content (AvgIpc) is 3.07. The van der Waals surface area contributed by atoms with E-state index in [0.29, 0.717) is 4.88 Å². The number of benzene rings is 1. The summed E-state index contributed by atoms with van der Waals surface area (Å²) in [6, 6.07) is 6.43. The molecule has 0 radical (unpaired) electrons. The van der Waals surface area contributed by atoms with Gasteiger partial charge in [-0.25, -0.2) is 4.79 Å². The van der Waals surface area contributed by atoms with Gasteiger partial charge in [0.1, 0.15) is 0 Å². The van der Waals surface area contributed by atoms with Crippen molar-refractivity contribution >= 4 is 46.4 Å². The molecule has 8 nitrogen and oxygen atoms in total. The maximum absolute atomic E-state index is 11.9. The van der Waals surface area contributed by atoms with Crippen molar-refractivity contribution in [3.8, 4) is 0 Å². The molecular weight excluding hydrogens is 360 g/mol. The number of hydrogen-bond acceptors (Lipinski definition) is 7. The van der Waals surface area contributed by atoms with Crippen LogP contribution in [-0.4, -0.2) is 29.3 Å². The van der Waals surface area contributed by atoms with Crippen LogP contribution in [0.15, 0.2) is 35.7 Å². The van der Waals surface area contributed by atoms with Gasteiger partial charge in [-0.2, -0.15) is 0 Å². The first-order valence-electron chi connectivity index (χ1n) is 6.37. The molecule has 10 heteroatoms. The van der Waals surface area contributed by atoms with E-state index in [9.17, 15) is 24.5 Å². The Morgan fingerprint density at radius 3 is 2.67 bits per heavy atom. The topological polar surface area (TPSA) is 116 Å². The molecule has 1 N–H and O–H groups in total. The summed E-state index contributed by atoms with van der Waals surface area (Å²) >= 11 is 6.93. The predicted molar refractivity (Wildman–Crippen MR) is 85.2 cm³/mol. The van der Waals surface area contributed by atoms with Crippen molar-refractivity contribution in [1.29, 1.82) is 0 Å². The summed E-state index contributed by atoms with van der Waals surface area (Å²) in [5.41, 5.74) is -0.591. The van der Waals surface area contributed by atoms with Crippen molar-refractivity contribution in [1.82, 2.24) is 5.32 Å². The number of hydrogen-bond donors (Lipinski definition) is 1. The molecule has 0 saturated carbocycles. The minimum Gasteiger partial charge on any atom is -0.452 e. The molecule has 0 aliphatic rings. The second-order valence-electron chi connectivity index (χ2n) is 4.35. The number of nitro groups is 1. The van der Waals surface area contributed by atoms with E-state index >= 15 is 0 Å². The summed E-state index contributed by atoms with van der Waals surface area (Å²) in [5, 5.41) is 14.4. The number of nitrogens with zero attached hydrogens (tertiary/aromatic N) is 1. The van der Waals surface area contributed by atoms with Gasteiger partial charge in [0, 0.05) is 12.1 Å². The predicted octanol–water partition coefficient (Wildman–Crippen LogP) is 2.42. The number of carbonyl (C=O) groups excluding carboxylic acids is 3. The first-order valence-corrected chi connectivity index (χ1v) is 7.63. The second-order valence-corrected chi connectivity index (χ2v) is 5.71. The largest absolute Gasteiger partial charge is 0.452 e. The minimum atomic E-state index is -1.01. The van der Waals surface area contributed by atoms with Crippen molar-refractivity contribution in [2.45, 2.75) is 0 Å². The van der Waals surface area contributed by atoms with Crippen LogP contribution in [0.2, 0.25) is 5.02 Å². The van der Waals surface area contributed by atoms with E-state index in [1.165, 1.54) is 12.1 Å². The van der Waals surface area contributed by atoms with Crippen LogP contribution < -0.4 is 5.32 Å². The zero-order valence-corrected chi connectivity index (χ0v) is 13.4. The van der Waals surface area contributed by atoms with Crippen LogP contribution in [0.3, 0.4) is 0 Å². The lowest BCUT2D eigenvalue weighted by Crippen LogP contribution is -2.33. The molecule has 1 aromatic carbocycles. The summed E-state index contributed by atoms with van der Waals surface area (Å²) in [7, 11) is 0. The van der Waals surface area contributed by atoms with Gasteiger partial charge in [0.2, 0.25) is 0 Å². The maximum atomic E-state index is 11.9. The quantitative estimate of drug-likeness (QED) is 0.492. The molecule has 0 aliphatic carbocycles. The van der Waals surface area contributed by atoms with Gasteiger partial charge < -0.3 is 4.74 Å². The van der Waals surface area contributed by atoms with Crippen molar-refractivity contribution in [2.75, 3.05) is 6.61 Å². The molecule has 1 heterocycles. The highest BCUT2D eigenvalue weighted by Crippen LogP contribution is 2.22. The van der Waals surface area contributed by atoms with Gasteiger partial charge in [-0.1, -0.05) is 17.7 Å². The van der Waals surface area contributed by atoms with Gasteiger partial charge in [-0.05, 0) is 17.5 Å². The Labute approximate surface area is 144 Å². The van der Waals surface area contributed by atoms with Crippen LogP contribution in [0.25, 0.3) is 0 Å². The number of nitrogens with one attached hydrogen (secondary N) is 1. The Morgan fingerprint density at radius 2 is 2.04 bits per heavy atom. The van der Waals surface area contributed by atoms with Gasteiger partial charge in [0.05, 0.1) is 20.4 Å². The number of imide groups is 1. The summed E-state index contributed by atoms with van der Waals surface area (Å²) in [6.07, 6.45) is 0. The monoisotopic (exact) mass is 368 g/mol. The second kappa shape index (κ2) is 7.66. The molecule has 0 fully saturated rings. The van der Waals surface area contributed by atoms with E-state index in [1.54, 1.807) is 11.4 Å². The molecule has 0 spiro atoms. The third-order valence-electron chi connectivity index (χ3n) is 2.71. The Bertz CT molecular complexity index is 806. The van der Waals surface area contributed by atoms with Crippen molar-refractivity contribution < 1.29 is 24.0 Å². The van der Waals surface area contributed by atoms with Crippen LogP contribution in [0.4, 0.5) is 5.69 Å². The van der Waals surface area contributed by atoms with E-state index < -0.39 is 29.3 Å². The lowest BCUT2D eigenvalue weighted by atomic mass is 10.2. The number of carbonyl (C=O) groups is 3. The van der Waals surface area contributed by atoms with Gasteiger partial charge in [-0.3, -0.25) is 25.0 Å². The lowest BCUT2D eigenvalue weighted by molar-refractivity contribution is -0.384. The van der Waals surface area contributed by atoms with Gasteiger partial charge in [0.15, 0.2) is 6.61 Å². The molecule has 2 aromatic rings. The Kier molecular flexibility index (Phi) is 5.61. The summed E-state index contributed by atoms with van der Waals surface area (Å²) in [6.45, 7) is -0.727. The first kappa shape index (κ1) is 17.6. The maximum Gasteiger partial charge on any atom is 0.340 e. The fourth-order valence-electron chi connectivity index (χ4n) is 1.62. The fraction of sp³-hybridized carbons (Fsp3) is 0.0714. The number of non-ortho nitro benzene ring substituents is 1. The third kappa shape index (κ3) is 4.37. The van der Waals surface area contributed by atoms with Gasteiger partial charge >= 0.3 is 5.97 Å². The molecule has 24 heavy (non-hydrogen) atoms. The highest BCUT2D eigenvalue weighted by molar-refractivity contribution is 7.12. The first-order chi connectivity index (χ1) is 11.4. The molecule has 2 amide bonds. The molecule has 1 aromatic heterocycles. The molecule has 0 unspecified atom stereocenters. The SMILES string of the molecule is O=C(COC(=O)c1cc([N+](=O)[O-])ccc1Cl)NC(=O)c1cccs1. The molecule has 2 rings (SSSR count). The van der Waals surface area contributed by atoms with E-state index in [4.69, 9.17) is 16.3 Å². The number of esters is 1. The number of halogens is 1. The molecule has 0 aliphatic heterocycles.